The maximum atomic E-state index is 4.93. The van der Waals surface area contributed by atoms with E-state index in [1.807, 2.05) is 0 Å². The Balaban J connectivity index is 2.17. The minimum absolute atomic E-state index is 0.398. The first-order valence-corrected chi connectivity index (χ1v) is 7.52. The van der Waals surface area contributed by atoms with E-state index >= 15 is 0 Å². The third-order valence-electron chi connectivity index (χ3n) is 5.70. The molecule has 0 aromatic rings. The fraction of sp³-hybridized carbons (Fsp3) is 1.00. The summed E-state index contributed by atoms with van der Waals surface area (Å²) in [5, 5.41) is 0. The lowest BCUT2D eigenvalue weighted by atomic mass is 9.64. The monoisotopic (exact) mass is 259 g/mol. The standard InChI is InChI=1S/C13H25NO2S/c1-9(2)11-7-10-5-6-13(11,12(10,3)4)8-17-16-15-14/h9-11H,5-8,14H2,1-4H3. The Labute approximate surface area is 109 Å². The van der Waals surface area contributed by atoms with Crippen molar-refractivity contribution in [2.75, 3.05) is 5.75 Å². The molecule has 0 aromatic heterocycles. The van der Waals surface area contributed by atoms with Crippen LogP contribution in [0, 0.1) is 28.6 Å². The summed E-state index contributed by atoms with van der Waals surface area (Å²) in [4.78, 5) is 4.23. The quantitative estimate of drug-likeness (QED) is 0.355. The molecule has 2 aliphatic carbocycles. The highest BCUT2D eigenvalue weighted by Crippen LogP contribution is 2.70. The first-order valence-electron chi connectivity index (χ1n) is 6.60. The van der Waals surface area contributed by atoms with Gasteiger partial charge in [-0.25, -0.2) is 0 Å². The smallest absolute Gasteiger partial charge is 0.0340 e. The van der Waals surface area contributed by atoms with E-state index in [-0.39, 0.29) is 0 Å². The van der Waals surface area contributed by atoms with Crippen molar-refractivity contribution in [1.82, 2.24) is 0 Å². The Hall–Kier alpha value is 0.230. The molecule has 2 fully saturated rings. The van der Waals surface area contributed by atoms with Gasteiger partial charge in [-0.15, -0.1) is 9.32 Å². The molecule has 0 saturated heterocycles. The van der Waals surface area contributed by atoms with Gasteiger partial charge in [-0.2, -0.15) is 5.90 Å². The molecular formula is C13H25NO2S. The maximum Gasteiger partial charge on any atom is 0.0340 e. The van der Waals surface area contributed by atoms with Crippen LogP contribution >= 0.6 is 12.0 Å². The molecule has 2 N–H and O–H groups in total. The van der Waals surface area contributed by atoms with Crippen molar-refractivity contribution in [1.29, 1.82) is 0 Å². The normalized spacial score (nSPS) is 39.2. The van der Waals surface area contributed by atoms with Crippen LogP contribution < -0.4 is 5.90 Å². The van der Waals surface area contributed by atoms with Gasteiger partial charge in [0, 0.05) is 17.8 Å². The van der Waals surface area contributed by atoms with Crippen molar-refractivity contribution in [2.24, 2.45) is 34.5 Å². The van der Waals surface area contributed by atoms with Crippen LogP contribution in [0.1, 0.15) is 47.0 Å². The highest BCUT2D eigenvalue weighted by Gasteiger charge is 2.64. The maximum absolute atomic E-state index is 4.93. The molecule has 17 heavy (non-hydrogen) atoms. The topological polar surface area (TPSA) is 44.5 Å². The molecular weight excluding hydrogens is 234 g/mol. The van der Waals surface area contributed by atoms with Crippen molar-refractivity contribution in [2.45, 2.75) is 47.0 Å². The average Bonchev–Trinajstić information content (AvgIpc) is 2.63. The van der Waals surface area contributed by atoms with Crippen LogP contribution in [0.3, 0.4) is 0 Å². The molecule has 2 bridgehead atoms. The second-order valence-corrected chi connectivity index (χ2v) is 7.29. The number of fused-ring (bicyclic) bond motifs is 2. The summed E-state index contributed by atoms with van der Waals surface area (Å²) in [5.74, 6) is 8.37. The summed E-state index contributed by atoms with van der Waals surface area (Å²) >= 11 is 1.38. The molecule has 2 saturated carbocycles. The molecule has 0 radical (unpaired) electrons. The van der Waals surface area contributed by atoms with Crippen LogP contribution in [0.15, 0.2) is 0 Å². The lowest BCUT2D eigenvalue weighted by molar-refractivity contribution is -0.196. The van der Waals surface area contributed by atoms with Gasteiger partial charge >= 0.3 is 0 Å². The molecule has 100 valence electrons. The minimum Gasteiger partial charge on any atom is -0.182 e. The summed E-state index contributed by atoms with van der Waals surface area (Å²) in [6.45, 7) is 9.59. The molecule has 0 heterocycles. The van der Waals surface area contributed by atoms with Gasteiger partial charge in [-0.1, -0.05) is 27.7 Å². The van der Waals surface area contributed by atoms with Crippen LogP contribution in [0.5, 0.6) is 0 Å². The Morgan fingerprint density at radius 1 is 1.41 bits per heavy atom. The van der Waals surface area contributed by atoms with E-state index in [2.05, 4.69) is 32.7 Å². The van der Waals surface area contributed by atoms with E-state index in [0.29, 0.717) is 10.8 Å². The van der Waals surface area contributed by atoms with Gasteiger partial charge in [0.05, 0.1) is 0 Å². The van der Waals surface area contributed by atoms with E-state index in [4.69, 9.17) is 10.2 Å². The fourth-order valence-corrected chi connectivity index (χ4v) is 5.61. The van der Waals surface area contributed by atoms with E-state index in [9.17, 15) is 0 Å². The first kappa shape index (κ1) is 13.7. The molecule has 2 rings (SSSR count). The van der Waals surface area contributed by atoms with Crippen molar-refractivity contribution in [3.63, 3.8) is 0 Å². The predicted octanol–water partition coefficient (Wildman–Crippen LogP) is 3.56. The Bertz CT molecular complexity index is 283. The zero-order valence-corrected chi connectivity index (χ0v) is 12.2. The van der Waals surface area contributed by atoms with Crippen molar-refractivity contribution < 1.29 is 9.32 Å². The Kier molecular flexibility index (Phi) is 3.79. The van der Waals surface area contributed by atoms with E-state index in [1.165, 1.54) is 31.3 Å². The molecule has 3 unspecified atom stereocenters. The molecule has 3 atom stereocenters. The summed E-state index contributed by atoms with van der Waals surface area (Å²) in [7, 11) is 0. The number of rotatable bonds is 5. The summed E-state index contributed by atoms with van der Waals surface area (Å²) < 4.78 is 4.86. The van der Waals surface area contributed by atoms with E-state index < -0.39 is 0 Å². The van der Waals surface area contributed by atoms with Gasteiger partial charge in [0.2, 0.25) is 0 Å². The van der Waals surface area contributed by atoms with Crippen molar-refractivity contribution >= 4 is 12.0 Å². The minimum atomic E-state index is 0.398. The molecule has 0 aromatic carbocycles. The van der Waals surface area contributed by atoms with E-state index in [0.717, 1.165) is 23.5 Å². The van der Waals surface area contributed by atoms with Gasteiger partial charge in [0.25, 0.3) is 0 Å². The number of nitrogens with two attached hydrogens (primary N) is 1. The average molecular weight is 259 g/mol. The lowest BCUT2D eigenvalue weighted by Gasteiger charge is -2.43. The van der Waals surface area contributed by atoms with Crippen LogP contribution in [0.25, 0.3) is 0 Å². The summed E-state index contributed by atoms with van der Waals surface area (Å²) in [6, 6.07) is 0. The van der Waals surface area contributed by atoms with Gasteiger partial charge < -0.3 is 0 Å². The summed E-state index contributed by atoms with van der Waals surface area (Å²) in [6.07, 6.45) is 4.09. The van der Waals surface area contributed by atoms with E-state index in [1.54, 1.807) is 0 Å². The van der Waals surface area contributed by atoms with Crippen molar-refractivity contribution in [3.05, 3.63) is 0 Å². The molecule has 0 spiro atoms. The zero-order valence-electron chi connectivity index (χ0n) is 11.4. The second kappa shape index (κ2) is 4.72. The first-order chi connectivity index (χ1) is 7.95. The van der Waals surface area contributed by atoms with Crippen molar-refractivity contribution in [3.8, 4) is 0 Å². The Morgan fingerprint density at radius 3 is 2.65 bits per heavy atom. The zero-order chi connectivity index (χ0) is 12.7. The van der Waals surface area contributed by atoms with Gasteiger partial charge in [0.1, 0.15) is 0 Å². The molecule has 3 nitrogen and oxygen atoms in total. The summed E-state index contributed by atoms with van der Waals surface area (Å²) in [5.41, 5.74) is 0.821. The van der Waals surface area contributed by atoms with Crippen LogP contribution in [-0.4, -0.2) is 5.75 Å². The molecule has 0 amide bonds. The van der Waals surface area contributed by atoms with Crippen LogP contribution in [0.2, 0.25) is 0 Å². The van der Waals surface area contributed by atoms with Gasteiger partial charge in [-0.3, -0.25) is 0 Å². The largest absolute Gasteiger partial charge is 0.182 e. The van der Waals surface area contributed by atoms with Crippen LogP contribution in [-0.2, 0) is 9.32 Å². The number of hydrogen-bond donors (Lipinski definition) is 1. The lowest BCUT2D eigenvalue weighted by Crippen LogP contribution is -2.40. The highest BCUT2D eigenvalue weighted by molar-refractivity contribution is 7.94. The second-order valence-electron chi connectivity index (χ2n) is 6.63. The Morgan fingerprint density at radius 2 is 2.12 bits per heavy atom. The molecule has 2 aliphatic rings. The fourth-order valence-electron chi connectivity index (χ4n) is 4.56. The SMILES string of the molecule is CC(C)C1CC2CCC1(CSOON)C2(C)C. The third kappa shape index (κ3) is 1.93. The predicted molar refractivity (Wildman–Crippen MR) is 70.7 cm³/mol. The highest BCUT2D eigenvalue weighted by atomic mass is 32.2. The molecule has 4 heteroatoms. The number of hydrogen-bond acceptors (Lipinski definition) is 4. The van der Waals surface area contributed by atoms with Crippen LogP contribution in [0.4, 0.5) is 0 Å². The molecule has 0 aliphatic heterocycles. The van der Waals surface area contributed by atoms with Gasteiger partial charge in [0.15, 0.2) is 0 Å². The van der Waals surface area contributed by atoms with Gasteiger partial charge in [-0.05, 0) is 47.8 Å². The third-order valence-corrected chi connectivity index (χ3v) is 6.51.